The standard InChI is InChI=1S/C21H23N3O4/c1-4-16-20(22-21(25)28-13-14-8-6-5-7-9-14)19(24-23-16)15-10-11-17(26-2)18(12-15)27-3/h5-12H,4,13H2,1-3H3,(H,22,25)(H,23,24). The van der Waals surface area contributed by atoms with Gasteiger partial charge in [0.25, 0.3) is 0 Å². The smallest absolute Gasteiger partial charge is 0.412 e. The van der Waals surface area contributed by atoms with Crippen molar-refractivity contribution in [1.82, 2.24) is 10.2 Å². The molecule has 0 fully saturated rings. The van der Waals surface area contributed by atoms with Crippen LogP contribution in [0.2, 0.25) is 0 Å². The van der Waals surface area contributed by atoms with Gasteiger partial charge in [-0.1, -0.05) is 37.3 Å². The Bertz CT molecular complexity index is 938. The quantitative estimate of drug-likeness (QED) is 0.633. The number of benzene rings is 2. The summed E-state index contributed by atoms with van der Waals surface area (Å²) in [5.74, 6) is 1.20. The van der Waals surface area contributed by atoms with E-state index in [1.54, 1.807) is 20.3 Å². The highest BCUT2D eigenvalue weighted by molar-refractivity contribution is 5.91. The van der Waals surface area contributed by atoms with Crippen LogP contribution in [0.15, 0.2) is 48.5 Å². The lowest BCUT2D eigenvalue weighted by Crippen LogP contribution is -2.14. The molecule has 0 bridgehead atoms. The number of H-pyrrole nitrogens is 1. The molecule has 3 rings (SSSR count). The van der Waals surface area contributed by atoms with E-state index in [0.717, 1.165) is 16.8 Å². The van der Waals surface area contributed by atoms with Gasteiger partial charge in [0.15, 0.2) is 11.5 Å². The molecule has 28 heavy (non-hydrogen) atoms. The van der Waals surface area contributed by atoms with Crippen molar-refractivity contribution in [2.24, 2.45) is 0 Å². The number of amides is 1. The predicted octanol–water partition coefficient (Wildman–Crippen LogP) is 4.41. The van der Waals surface area contributed by atoms with E-state index in [-0.39, 0.29) is 6.61 Å². The zero-order valence-corrected chi connectivity index (χ0v) is 16.1. The maximum Gasteiger partial charge on any atom is 0.412 e. The number of aromatic nitrogens is 2. The molecule has 2 aromatic carbocycles. The number of methoxy groups -OCH3 is 2. The topological polar surface area (TPSA) is 85.5 Å². The minimum atomic E-state index is -0.540. The lowest BCUT2D eigenvalue weighted by molar-refractivity contribution is 0.155. The van der Waals surface area contributed by atoms with Gasteiger partial charge in [-0.3, -0.25) is 10.4 Å². The number of aromatic amines is 1. The van der Waals surface area contributed by atoms with Gasteiger partial charge in [-0.15, -0.1) is 0 Å². The first-order valence-electron chi connectivity index (χ1n) is 8.93. The van der Waals surface area contributed by atoms with Crippen molar-refractivity contribution < 1.29 is 19.0 Å². The van der Waals surface area contributed by atoms with Gasteiger partial charge in [0.2, 0.25) is 0 Å². The van der Waals surface area contributed by atoms with Crippen molar-refractivity contribution in [3.63, 3.8) is 0 Å². The molecule has 0 aliphatic rings. The summed E-state index contributed by atoms with van der Waals surface area (Å²) in [5, 5.41) is 10.2. The Labute approximate surface area is 163 Å². The van der Waals surface area contributed by atoms with Crippen molar-refractivity contribution >= 4 is 11.8 Å². The van der Waals surface area contributed by atoms with Gasteiger partial charge < -0.3 is 14.2 Å². The van der Waals surface area contributed by atoms with E-state index >= 15 is 0 Å². The number of nitrogens with one attached hydrogen (secondary N) is 2. The number of carbonyl (C=O) groups is 1. The number of hydrogen-bond acceptors (Lipinski definition) is 5. The number of anilines is 1. The lowest BCUT2D eigenvalue weighted by atomic mass is 10.1. The van der Waals surface area contributed by atoms with Crippen LogP contribution in [-0.2, 0) is 17.8 Å². The molecule has 3 aromatic rings. The van der Waals surface area contributed by atoms with Gasteiger partial charge in [0.1, 0.15) is 12.3 Å². The highest BCUT2D eigenvalue weighted by Crippen LogP contribution is 2.35. The Morgan fingerprint density at radius 1 is 1.07 bits per heavy atom. The summed E-state index contributed by atoms with van der Waals surface area (Å²) in [6.45, 7) is 2.17. The number of ether oxygens (including phenoxy) is 3. The zero-order valence-electron chi connectivity index (χ0n) is 16.1. The molecule has 146 valence electrons. The second-order valence-corrected chi connectivity index (χ2v) is 6.04. The number of hydrogen-bond donors (Lipinski definition) is 2. The van der Waals surface area contributed by atoms with Crippen LogP contribution in [0.1, 0.15) is 18.2 Å². The zero-order chi connectivity index (χ0) is 19.9. The molecule has 0 saturated carbocycles. The van der Waals surface area contributed by atoms with Gasteiger partial charge in [-0.25, -0.2) is 4.79 Å². The van der Waals surface area contributed by atoms with Gasteiger partial charge in [0.05, 0.1) is 25.6 Å². The monoisotopic (exact) mass is 381 g/mol. The average molecular weight is 381 g/mol. The fraction of sp³-hybridized carbons (Fsp3) is 0.238. The summed E-state index contributed by atoms with van der Waals surface area (Å²) in [6, 6.07) is 15.0. The first-order valence-corrected chi connectivity index (χ1v) is 8.93. The summed E-state index contributed by atoms with van der Waals surface area (Å²) < 4.78 is 16.0. The molecule has 0 saturated heterocycles. The fourth-order valence-electron chi connectivity index (χ4n) is 2.82. The molecule has 1 heterocycles. The van der Waals surface area contributed by atoms with Crippen LogP contribution < -0.4 is 14.8 Å². The highest BCUT2D eigenvalue weighted by atomic mass is 16.5. The minimum Gasteiger partial charge on any atom is -0.493 e. The van der Waals surface area contributed by atoms with Crippen LogP contribution in [0, 0.1) is 0 Å². The Morgan fingerprint density at radius 2 is 1.82 bits per heavy atom. The summed E-state index contributed by atoms with van der Waals surface area (Å²) in [6.07, 6.45) is 0.135. The third-order valence-electron chi connectivity index (χ3n) is 4.29. The lowest BCUT2D eigenvalue weighted by Gasteiger charge is -2.11. The third kappa shape index (κ3) is 4.25. The molecule has 7 heteroatoms. The fourth-order valence-corrected chi connectivity index (χ4v) is 2.82. The summed E-state index contributed by atoms with van der Waals surface area (Å²) >= 11 is 0. The summed E-state index contributed by atoms with van der Waals surface area (Å²) in [4.78, 5) is 12.3. The molecule has 0 spiro atoms. The summed E-state index contributed by atoms with van der Waals surface area (Å²) in [5.41, 5.74) is 3.70. The van der Waals surface area contributed by atoms with Crippen LogP contribution in [0.5, 0.6) is 11.5 Å². The third-order valence-corrected chi connectivity index (χ3v) is 4.29. The second kappa shape index (κ2) is 8.94. The van der Waals surface area contributed by atoms with Crippen molar-refractivity contribution in [1.29, 1.82) is 0 Å². The first kappa shape index (κ1) is 19.3. The van der Waals surface area contributed by atoms with E-state index in [4.69, 9.17) is 14.2 Å². The molecule has 0 radical (unpaired) electrons. The van der Waals surface area contributed by atoms with E-state index in [9.17, 15) is 4.79 Å². The largest absolute Gasteiger partial charge is 0.493 e. The molecule has 0 aliphatic heterocycles. The van der Waals surface area contributed by atoms with Crippen molar-refractivity contribution in [3.8, 4) is 22.8 Å². The van der Waals surface area contributed by atoms with E-state index in [1.807, 2.05) is 49.4 Å². The Morgan fingerprint density at radius 3 is 2.50 bits per heavy atom. The molecule has 0 atom stereocenters. The van der Waals surface area contributed by atoms with Gasteiger partial charge in [-0.2, -0.15) is 5.10 Å². The maximum absolute atomic E-state index is 12.3. The van der Waals surface area contributed by atoms with Crippen LogP contribution in [0.25, 0.3) is 11.3 Å². The second-order valence-electron chi connectivity index (χ2n) is 6.04. The molecule has 0 aliphatic carbocycles. The highest BCUT2D eigenvalue weighted by Gasteiger charge is 2.18. The maximum atomic E-state index is 12.3. The molecule has 1 aromatic heterocycles. The Hall–Kier alpha value is -3.48. The van der Waals surface area contributed by atoms with E-state index in [1.165, 1.54) is 0 Å². The van der Waals surface area contributed by atoms with Crippen LogP contribution in [-0.4, -0.2) is 30.5 Å². The van der Waals surface area contributed by atoms with Crippen LogP contribution in [0.3, 0.4) is 0 Å². The van der Waals surface area contributed by atoms with Crippen LogP contribution in [0.4, 0.5) is 10.5 Å². The van der Waals surface area contributed by atoms with Gasteiger partial charge in [0, 0.05) is 5.56 Å². The van der Waals surface area contributed by atoms with Crippen molar-refractivity contribution in [2.45, 2.75) is 20.0 Å². The minimum absolute atomic E-state index is 0.192. The molecular formula is C21H23N3O4. The number of carbonyl (C=O) groups excluding carboxylic acids is 1. The van der Waals surface area contributed by atoms with Crippen molar-refractivity contribution in [3.05, 3.63) is 59.8 Å². The van der Waals surface area contributed by atoms with E-state index in [2.05, 4.69) is 15.5 Å². The molecule has 1 amide bonds. The first-order chi connectivity index (χ1) is 13.7. The molecule has 0 unspecified atom stereocenters. The Kier molecular flexibility index (Phi) is 6.16. The SMILES string of the molecule is CCc1[nH]nc(-c2ccc(OC)c(OC)c2)c1NC(=O)OCc1ccccc1. The Balaban J connectivity index is 1.81. The number of nitrogens with zero attached hydrogens (tertiary/aromatic N) is 1. The summed E-state index contributed by atoms with van der Waals surface area (Å²) in [7, 11) is 3.15. The van der Waals surface area contributed by atoms with E-state index in [0.29, 0.717) is 29.3 Å². The van der Waals surface area contributed by atoms with Crippen LogP contribution >= 0.6 is 0 Å². The molecule has 7 nitrogen and oxygen atoms in total. The molecular weight excluding hydrogens is 358 g/mol. The predicted molar refractivity (Wildman–Crippen MR) is 107 cm³/mol. The van der Waals surface area contributed by atoms with Crippen molar-refractivity contribution in [2.75, 3.05) is 19.5 Å². The number of aryl methyl sites for hydroxylation is 1. The molecule has 2 N–H and O–H groups in total. The normalized spacial score (nSPS) is 10.4. The van der Waals surface area contributed by atoms with Gasteiger partial charge in [-0.05, 0) is 30.2 Å². The average Bonchev–Trinajstić information content (AvgIpc) is 3.14. The van der Waals surface area contributed by atoms with Gasteiger partial charge >= 0.3 is 6.09 Å². The van der Waals surface area contributed by atoms with E-state index < -0.39 is 6.09 Å². The number of rotatable bonds is 7.